The van der Waals surface area contributed by atoms with E-state index in [2.05, 4.69) is 15.3 Å². The third-order valence-electron chi connectivity index (χ3n) is 4.62. The van der Waals surface area contributed by atoms with Gasteiger partial charge < -0.3 is 9.88 Å². The van der Waals surface area contributed by atoms with Crippen LogP contribution in [-0.2, 0) is 38.3 Å². The number of amides is 1. The molecule has 0 saturated carbocycles. The van der Waals surface area contributed by atoms with Crippen molar-refractivity contribution in [2.75, 3.05) is 5.32 Å². The molecule has 1 amide bonds. The average molecular weight is 374 g/mol. The van der Waals surface area contributed by atoms with Crippen molar-refractivity contribution in [3.63, 3.8) is 0 Å². The lowest BCUT2D eigenvalue weighted by Gasteiger charge is -2.06. The van der Waals surface area contributed by atoms with Gasteiger partial charge in [0.05, 0.1) is 12.0 Å². The summed E-state index contributed by atoms with van der Waals surface area (Å²) in [5, 5.41) is 3.39. The van der Waals surface area contributed by atoms with E-state index < -0.39 is 11.2 Å². The van der Waals surface area contributed by atoms with Crippen LogP contribution in [0.3, 0.4) is 0 Å². The van der Waals surface area contributed by atoms with Gasteiger partial charge in [0.2, 0.25) is 5.91 Å². The molecule has 0 bridgehead atoms. The van der Waals surface area contributed by atoms with Crippen molar-refractivity contribution < 1.29 is 4.79 Å². The lowest BCUT2D eigenvalue weighted by Crippen LogP contribution is -2.37. The van der Waals surface area contributed by atoms with Gasteiger partial charge in [-0.05, 0) is 25.7 Å². The second kappa shape index (κ2) is 6.20. The number of rotatable bonds is 3. The van der Waals surface area contributed by atoms with Gasteiger partial charge in [0.25, 0.3) is 5.56 Å². The van der Waals surface area contributed by atoms with Crippen molar-refractivity contribution in [3.8, 4) is 0 Å². The highest BCUT2D eigenvalue weighted by Gasteiger charge is 2.18. The molecule has 10 heteroatoms. The van der Waals surface area contributed by atoms with Crippen LogP contribution in [0.4, 0.5) is 5.13 Å². The molecule has 4 rings (SSSR count). The maximum atomic E-state index is 12.4. The number of imidazole rings is 1. The Morgan fingerprint density at radius 1 is 1.23 bits per heavy atom. The summed E-state index contributed by atoms with van der Waals surface area (Å²) in [6.45, 7) is -0.0752. The fraction of sp³-hybridized carbons (Fsp3) is 0.438. The summed E-state index contributed by atoms with van der Waals surface area (Å²) in [4.78, 5) is 46.6. The largest absolute Gasteiger partial charge is 0.332 e. The Labute approximate surface area is 151 Å². The quantitative estimate of drug-likeness (QED) is 0.715. The molecule has 1 N–H and O–H groups in total. The number of fused-ring (bicyclic) bond motifs is 2. The summed E-state index contributed by atoms with van der Waals surface area (Å²) in [6.07, 6.45) is 5.66. The maximum absolute atomic E-state index is 12.4. The number of carbonyl (C=O) groups is 1. The van der Waals surface area contributed by atoms with Crippen molar-refractivity contribution in [2.24, 2.45) is 14.1 Å². The molecule has 0 fully saturated rings. The van der Waals surface area contributed by atoms with E-state index in [0.717, 1.165) is 35.9 Å². The summed E-state index contributed by atoms with van der Waals surface area (Å²) >= 11 is 1.51. The molecule has 3 heterocycles. The lowest BCUT2D eigenvalue weighted by molar-refractivity contribution is -0.116. The summed E-state index contributed by atoms with van der Waals surface area (Å²) in [5.41, 5.74) is 0.635. The zero-order valence-corrected chi connectivity index (χ0v) is 15.3. The maximum Gasteiger partial charge on any atom is 0.332 e. The summed E-state index contributed by atoms with van der Waals surface area (Å²) in [7, 11) is 2.95. The molecule has 0 aromatic carbocycles. The molecule has 0 radical (unpaired) electrons. The Morgan fingerprint density at radius 3 is 2.77 bits per heavy atom. The number of nitrogens with zero attached hydrogens (tertiary/aromatic N) is 5. The average Bonchev–Trinajstić information content (AvgIpc) is 3.21. The van der Waals surface area contributed by atoms with Gasteiger partial charge in [-0.25, -0.2) is 14.8 Å². The normalized spacial score (nSPS) is 13.8. The number of carbonyl (C=O) groups excluding carboxylic acids is 1. The predicted molar refractivity (Wildman–Crippen MR) is 97.6 cm³/mol. The Morgan fingerprint density at radius 2 is 2.00 bits per heavy atom. The Balaban J connectivity index is 1.61. The molecule has 0 spiro atoms. The summed E-state index contributed by atoms with van der Waals surface area (Å²) in [6, 6.07) is 0. The smallest absolute Gasteiger partial charge is 0.315 e. The first kappa shape index (κ1) is 16.7. The second-order valence-corrected chi connectivity index (χ2v) is 7.48. The molecule has 0 aliphatic heterocycles. The molecule has 0 saturated heterocycles. The molecule has 3 aromatic rings. The molecule has 3 aromatic heterocycles. The topological polar surface area (TPSA) is 104 Å². The third kappa shape index (κ3) is 2.66. The summed E-state index contributed by atoms with van der Waals surface area (Å²) < 4.78 is 3.76. The molecule has 136 valence electrons. The van der Waals surface area contributed by atoms with Crippen LogP contribution < -0.4 is 16.6 Å². The van der Waals surface area contributed by atoms with E-state index in [0.29, 0.717) is 5.13 Å². The molecule has 1 aliphatic carbocycles. The molecule has 1 aliphatic rings. The molecular formula is C16H18N6O3S. The second-order valence-electron chi connectivity index (χ2n) is 6.39. The number of hydrogen-bond acceptors (Lipinski definition) is 6. The Kier molecular flexibility index (Phi) is 3.98. The van der Waals surface area contributed by atoms with E-state index in [4.69, 9.17) is 0 Å². The van der Waals surface area contributed by atoms with Crippen LogP contribution >= 0.6 is 11.3 Å². The van der Waals surface area contributed by atoms with Gasteiger partial charge in [-0.3, -0.25) is 18.7 Å². The predicted octanol–water partition coefficient (Wildman–Crippen LogP) is 0.408. The molecule has 0 unspecified atom stereocenters. The number of nitrogens with one attached hydrogen (secondary N) is 1. The number of aryl methyl sites for hydroxylation is 3. The standard InChI is InChI=1S/C16H18N6O3S/c1-20-13-12(14(24)21(2)16(20)25)22(8-17-13)7-11(23)19-15-18-9-5-3-4-6-10(9)26-15/h8H,3-7H2,1-2H3,(H,18,19,23). The van der Waals surface area contributed by atoms with Crippen LogP contribution in [0.15, 0.2) is 15.9 Å². The molecule has 0 atom stereocenters. The van der Waals surface area contributed by atoms with Crippen molar-refractivity contribution >= 4 is 33.5 Å². The van der Waals surface area contributed by atoms with E-state index >= 15 is 0 Å². The van der Waals surface area contributed by atoms with Crippen LogP contribution in [0.2, 0.25) is 0 Å². The first-order valence-electron chi connectivity index (χ1n) is 8.35. The van der Waals surface area contributed by atoms with Crippen molar-refractivity contribution in [1.82, 2.24) is 23.7 Å². The summed E-state index contributed by atoms with van der Waals surface area (Å²) in [5.74, 6) is -0.286. The highest BCUT2D eigenvalue weighted by Crippen LogP contribution is 2.29. The van der Waals surface area contributed by atoms with Crippen molar-refractivity contribution in [2.45, 2.75) is 32.2 Å². The van der Waals surface area contributed by atoms with Gasteiger partial charge in [0, 0.05) is 19.0 Å². The van der Waals surface area contributed by atoms with Crippen LogP contribution in [0, 0.1) is 0 Å². The van der Waals surface area contributed by atoms with E-state index in [1.54, 1.807) is 7.05 Å². The van der Waals surface area contributed by atoms with Crippen LogP contribution in [0.25, 0.3) is 11.2 Å². The first-order valence-corrected chi connectivity index (χ1v) is 9.16. The number of aromatic nitrogens is 5. The number of thiazole rings is 1. The number of hydrogen-bond donors (Lipinski definition) is 1. The lowest BCUT2D eigenvalue weighted by atomic mass is 10.0. The van der Waals surface area contributed by atoms with Gasteiger partial charge in [0.15, 0.2) is 16.3 Å². The van der Waals surface area contributed by atoms with Gasteiger partial charge in [-0.1, -0.05) is 0 Å². The van der Waals surface area contributed by atoms with Crippen LogP contribution in [-0.4, -0.2) is 29.6 Å². The number of anilines is 1. The minimum atomic E-state index is -0.474. The van der Waals surface area contributed by atoms with Crippen LogP contribution in [0.1, 0.15) is 23.4 Å². The fourth-order valence-electron chi connectivity index (χ4n) is 3.24. The van der Waals surface area contributed by atoms with E-state index in [1.807, 2.05) is 0 Å². The molecule has 26 heavy (non-hydrogen) atoms. The van der Waals surface area contributed by atoms with E-state index in [9.17, 15) is 14.4 Å². The monoisotopic (exact) mass is 374 g/mol. The zero-order valence-electron chi connectivity index (χ0n) is 14.5. The minimum absolute atomic E-state index is 0.0752. The molecular weight excluding hydrogens is 356 g/mol. The Bertz CT molecular complexity index is 1110. The van der Waals surface area contributed by atoms with Gasteiger partial charge in [0.1, 0.15) is 6.54 Å². The van der Waals surface area contributed by atoms with Crippen molar-refractivity contribution in [3.05, 3.63) is 37.7 Å². The van der Waals surface area contributed by atoms with Crippen molar-refractivity contribution in [1.29, 1.82) is 0 Å². The Hall–Kier alpha value is -2.75. The van der Waals surface area contributed by atoms with Gasteiger partial charge in [-0.2, -0.15) is 0 Å². The first-order chi connectivity index (χ1) is 12.5. The highest BCUT2D eigenvalue weighted by molar-refractivity contribution is 7.15. The van der Waals surface area contributed by atoms with Gasteiger partial charge in [-0.15, -0.1) is 11.3 Å². The minimum Gasteiger partial charge on any atom is -0.315 e. The third-order valence-corrected chi connectivity index (χ3v) is 5.70. The zero-order chi connectivity index (χ0) is 18.4. The van der Waals surface area contributed by atoms with Gasteiger partial charge >= 0.3 is 5.69 Å². The van der Waals surface area contributed by atoms with E-state index in [1.165, 1.54) is 38.7 Å². The highest BCUT2D eigenvalue weighted by atomic mass is 32.1. The fourth-order valence-corrected chi connectivity index (χ4v) is 4.30. The molecule has 9 nitrogen and oxygen atoms in total. The SMILES string of the molecule is Cn1c(=O)c2c(ncn2CC(=O)Nc2nc3c(s2)CCCC3)n(C)c1=O. The van der Waals surface area contributed by atoms with E-state index in [-0.39, 0.29) is 23.6 Å². The van der Waals surface area contributed by atoms with Crippen LogP contribution in [0.5, 0.6) is 0 Å².